The van der Waals surface area contributed by atoms with Crippen molar-refractivity contribution in [2.75, 3.05) is 39.5 Å². The molecule has 0 spiro atoms. The van der Waals surface area contributed by atoms with E-state index in [2.05, 4.69) is 0 Å². The van der Waals surface area contributed by atoms with Crippen molar-refractivity contribution in [3.8, 4) is 0 Å². The van der Waals surface area contributed by atoms with Crippen molar-refractivity contribution in [3.63, 3.8) is 0 Å². The minimum absolute atomic E-state index is 0.00983. The highest BCUT2D eigenvalue weighted by atomic mass is 16.3. The first-order valence-corrected chi connectivity index (χ1v) is 4.44. The lowest BCUT2D eigenvalue weighted by Gasteiger charge is -2.22. The van der Waals surface area contributed by atoms with Crippen LogP contribution in [0.25, 0.3) is 0 Å². The lowest BCUT2D eigenvalue weighted by molar-refractivity contribution is 0.0594. The van der Waals surface area contributed by atoms with Gasteiger partial charge in [-0.1, -0.05) is 0 Å². The van der Waals surface area contributed by atoms with Crippen LogP contribution in [-0.4, -0.2) is 65.8 Å². The van der Waals surface area contributed by atoms with Gasteiger partial charge in [-0.2, -0.15) is 0 Å². The highest BCUT2D eigenvalue weighted by Gasteiger charge is 2.10. The van der Waals surface area contributed by atoms with E-state index in [9.17, 15) is 10.2 Å². The fourth-order valence-corrected chi connectivity index (χ4v) is 1.10. The maximum atomic E-state index is 10.2. The third kappa shape index (κ3) is 6.92. The van der Waals surface area contributed by atoms with Crippen LogP contribution >= 0.6 is 0 Å². The molecule has 0 aliphatic carbocycles. The Morgan fingerprint density at radius 1 is 1.15 bits per heavy atom. The van der Waals surface area contributed by atoms with Gasteiger partial charge in [-0.05, 0) is 0 Å². The van der Waals surface area contributed by atoms with Crippen LogP contribution in [0.1, 0.15) is 6.42 Å². The van der Waals surface area contributed by atoms with Gasteiger partial charge in [0.1, 0.15) is 0 Å². The van der Waals surface area contributed by atoms with Crippen LogP contribution in [0.2, 0.25) is 0 Å². The van der Waals surface area contributed by atoms with Gasteiger partial charge in [0.05, 0.1) is 25.9 Å². The van der Waals surface area contributed by atoms with Crippen LogP contribution < -0.4 is 0 Å². The Balaban J connectivity index is 3.64. The quantitative estimate of drug-likeness (QED) is 0.435. The van der Waals surface area contributed by atoms with Crippen molar-refractivity contribution in [2.45, 2.75) is 12.5 Å². The average Bonchev–Trinajstić information content (AvgIpc) is 2.05. The van der Waals surface area contributed by atoms with Gasteiger partial charge in [0.2, 0.25) is 0 Å². The van der Waals surface area contributed by atoms with Crippen molar-refractivity contribution in [1.82, 2.24) is 4.90 Å². The predicted octanol–water partition coefficient (Wildman–Crippen LogP) is -1.55. The van der Waals surface area contributed by atoms with E-state index < -0.39 is 6.10 Å². The first-order valence-electron chi connectivity index (χ1n) is 4.44. The van der Waals surface area contributed by atoms with Gasteiger partial charge in [-0.25, -0.2) is 5.11 Å². The fraction of sp³-hybridized carbons (Fsp3) is 1.00. The molecule has 0 aromatic carbocycles. The van der Waals surface area contributed by atoms with E-state index in [1.165, 1.54) is 0 Å². The molecule has 0 bridgehead atoms. The van der Waals surface area contributed by atoms with E-state index in [0.29, 0.717) is 19.6 Å². The second-order valence-corrected chi connectivity index (χ2v) is 2.89. The van der Waals surface area contributed by atoms with Crippen LogP contribution in [0, 0.1) is 0 Å². The molecule has 0 amide bonds. The molecule has 3 N–H and O–H groups in total. The third-order valence-electron chi connectivity index (χ3n) is 1.75. The molecule has 0 heterocycles. The molecule has 0 fully saturated rings. The van der Waals surface area contributed by atoms with Gasteiger partial charge in [-0.15, -0.1) is 0 Å². The maximum Gasteiger partial charge on any atom is 0.0847 e. The van der Waals surface area contributed by atoms with Gasteiger partial charge in [-0.3, -0.25) is 4.90 Å². The predicted molar refractivity (Wildman–Crippen MR) is 46.8 cm³/mol. The fourth-order valence-electron chi connectivity index (χ4n) is 1.10. The monoisotopic (exact) mass is 192 g/mol. The summed E-state index contributed by atoms with van der Waals surface area (Å²) in [4.78, 5) is 1.72. The molecule has 0 saturated heterocycles. The summed E-state index contributed by atoms with van der Waals surface area (Å²) in [5, 5.41) is 36.7. The van der Waals surface area contributed by atoms with Crippen molar-refractivity contribution >= 4 is 0 Å². The Kier molecular flexibility index (Phi) is 8.27. The Morgan fingerprint density at radius 2 is 1.69 bits per heavy atom. The number of aliphatic hydroxyl groups excluding tert-OH is 3. The molecule has 0 saturated carbocycles. The second kappa shape index (κ2) is 8.40. The maximum absolute atomic E-state index is 10.2. The third-order valence-corrected chi connectivity index (χ3v) is 1.75. The molecule has 0 aliphatic rings. The Labute approximate surface area is 78.2 Å². The summed E-state index contributed by atoms with van der Waals surface area (Å²) >= 11 is 0. The zero-order chi connectivity index (χ0) is 10.1. The standard InChI is InChI=1S/C8H18NO4/c10-4-1-8(13)7-9(2-5-11)3-6-12/h8,11-13H,1-7H2. The van der Waals surface area contributed by atoms with Crippen LogP contribution in [0.3, 0.4) is 0 Å². The number of nitrogens with zero attached hydrogens (tertiary/aromatic N) is 1. The van der Waals surface area contributed by atoms with Gasteiger partial charge >= 0.3 is 0 Å². The molecule has 5 nitrogen and oxygen atoms in total. The van der Waals surface area contributed by atoms with Gasteiger partial charge in [0.25, 0.3) is 0 Å². The largest absolute Gasteiger partial charge is 0.395 e. The van der Waals surface area contributed by atoms with E-state index in [1.54, 1.807) is 4.90 Å². The first kappa shape index (κ1) is 12.8. The molecule has 1 atom stereocenters. The minimum atomic E-state index is -0.657. The van der Waals surface area contributed by atoms with E-state index in [4.69, 9.17) is 10.2 Å². The highest BCUT2D eigenvalue weighted by Crippen LogP contribution is 1.96. The van der Waals surface area contributed by atoms with Crippen LogP contribution in [0.5, 0.6) is 0 Å². The minimum Gasteiger partial charge on any atom is -0.395 e. The number of hydrogen-bond acceptors (Lipinski definition) is 4. The van der Waals surface area contributed by atoms with Gasteiger partial charge in [0, 0.05) is 26.1 Å². The topological polar surface area (TPSA) is 83.8 Å². The first-order chi connectivity index (χ1) is 6.24. The molecule has 0 aromatic heterocycles. The molecule has 1 radical (unpaired) electrons. The van der Waals surface area contributed by atoms with Crippen molar-refractivity contribution in [2.24, 2.45) is 0 Å². The van der Waals surface area contributed by atoms with Crippen LogP contribution in [0.4, 0.5) is 0 Å². The van der Waals surface area contributed by atoms with Crippen molar-refractivity contribution in [3.05, 3.63) is 0 Å². The zero-order valence-electron chi connectivity index (χ0n) is 7.72. The molecule has 5 heteroatoms. The molecular formula is C8H18NO4. The summed E-state index contributed by atoms with van der Waals surface area (Å²) in [7, 11) is 0. The molecule has 0 aromatic rings. The lowest BCUT2D eigenvalue weighted by atomic mass is 10.2. The van der Waals surface area contributed by atoms with Crippen LogP contribution in [0.15, 0.2) is 0 Å². The second-order valence-electron chi connectivity index (χ2n) is 2.89. The normalized spacial score (nSPS) is 13.6. The molecule has 1 unspecified atom stereocenters. The van der Waals surface area contributed by atoms with Crippen LogP contribution in [-0.2, 0) is 5.11 Å². The Hall–Kier alpha value is -0.200. The summed E-state index contributed by atoms with van der Waals surface area (Å²) < 4.78 is 0. The lowest BCUT2D eigenvalue weighted by Crippen LogP contribution is -2.36. The van der Waals surface area contributed by atoms with E-state index in [0.717, 1.165) is 0 Å². The average molecular weight is 192 g/mol. The summed E-state index contributed by atoms with van der Waals surface area (Å²) in [5.74, 6) is 0. The molecule has 0 rings (SSSR count). The number of hydrogen-bond donors (Lipinski definition) is 3. The summed E-state index contributed by atoms with van der Waals surface area (Å²) in [6.07, 6.45) is -0.441. The van der Waals surface area contributed by atoms with E-state index in [1.807, 2.05) is 0 Å². The van der Waals surface area contributed by atoms with Gasteiger partial charge < -0.3 is 15.3 Å². The van der Waals surface area contributed by atoms with E-state index >= 15 is 0 Å². The van der Waals surface area contributed by atoms with E-state index in [-0.39, 0.29) is 26.2 Å². The van der Waals surface area contributed by atoms with Crippen molar-refractivity contribution < 1.29 is 20.4 Å². The Morgan fingerprint density at radius 3 is 2.08 bits per heavy atom. The molecule has 79 valence electrons. The molecular weight excluding hydrogens is 174 g/mol. The van der Waals surface area contributed by atoms with Gasteiger partial charge in [0.15, 0.2) is 0 Å². The SMILES string of the molecule is [O]CCC(O)CN(CCO)CCO. The summed E-state index contributed by atoms with van der Waals surface area (Å²) in [5.41, 5.74) is 0. The number of aliphatic hydroxyl groups is 3. The highest BCUT2D eigenvalue weighted by molar-refractivity contribution is 4.63. The molecule has 0 aliphatic heterocycles. The van der Waals surface area contributed by atoms with Crippen molar-refractivity contribution in [1.29, 1.82) is 0 Å². The summed E-state index contributed by atoms with van der Waals surface area (Å²) in [6.45, 7) is 0.845. The zero-order valence-corrected chi connectivity index (χ0v) is 7.72. The Bertz CT molecular complexity index is 106. The number of rotatable bonds is 8. The molecule has 13 heavy (non-hydrogen) atoms. The summed E-state index contributed by atoms with van der Waals surface area (Å²) in [6, 6.07) is 0. The smallest absolute Gasteiger partial charge is 0.0847 e.